The second-order valence-corrected chi connectivity index (χ2v) is 3.48. The molecule has 0 bridgehead atoms. The van der Waals surface area contributed by atoms with E-state index < -0.39 is 36.4 Å². The van der Waals surface area contributed by atoms with Gasteiger partial charge in [0.05, 0.1) is 6.42 Å². The molecule has 86 valence electrons. The Hall–Kier alpha value is -1.27. The van der Waals surface area contributed by atoms with Gasteiger partial charge in [-0.3, -0.25) is 9.59 Å². The number of alkyl halides is 3. The van der Waals surface area contributed by atoms with E-state index in [2.05, 4.69) is 0 Å². The SMILES string of the molecule is O=C(O)C[C@H]1CCC(=O)N[C@@H]1C(F)(F)F. The van der Waals surface area contributed by atoms with Crippen LogP contribution in [0.3, 0.4) is 0 Å². The predicted molar refractivity (Wildman–Crippen MR) is 43.0 cm³/mol. The Morgan fingerprint density at radius 2 is 2.13 bits per heavy atom. The maximum absolute atomic E-state index is 12.4. The summed E-state index contributed by atoms with van der Waals surface area (Å²) in [6, 6.07) is -2.03. The van der Waals surface area contributed by atoms with Crippen molar-refractivity contribution in [3.8, 4) is 0 Å². The van der Waals surface area contributed by atoms with E-state index in [-0.39, 0.29) is 12.8 Å². The zero-order valence-corrected chi connectivity index (χ0v) is 7.67. The molecule has 1 aliphatic rings. The number of hydrogen-bond donors (Lipinski definition) is 2. The Bertz CT molecular complexity index is 277. The van der Waals surface area contributed by atoms with Crippen molar-refractivity contribution in [2.24, 2.45) is 5.92 Å². The third kappa shape index (κ3) is 3.10. The molecule has 15 heavy (non-hydrogen) atoms. The summed E-state index contributed by atoms with van der Waals surface area (Å²) in [6.45, 7) is 0. The number of carboxylic acid groups (broad SMARTS) is 1. The number of carbonyl (C=O) groups is 2. The van der Waals surface area contributed by atoms with Crippen molar-refractivity contribution in [2.75, 3.05) is 0 Å². The Morgan fingerprint density at radius 3 is 2.60 bits per heavy atom. The fourth-order valence-electron chi connectivity index (χ4n) is 1.64. The maximum atomic E-state index is 12.4. The van der Waals surface area contributed by atoms with Gasteiger partial charge < -0.3 is 10.4 Å². The number of rotatable bonds is 2. The summed E-state index contributed by atoms with van der Waals surface area (Å²) >= 11 is 0. The van der Waals surface area contributed by atoms with Gasteiger partial charge in [-0.05, 0) is 12.3 Å². The first-order valence-corrected chi connectivity index (χ1v) is 4.38. The fourth-order valence-corrected chi connectivity index (χ4v) is 1.64. The van der Waals surface area contributed by atoms with E-state index >= 15 is 0 Å². The van der Waals surface area contributed by atoms with Gasteiger partial charge >= 0.3 is 12.1 Å². The first kappa shape index (κ1) is 11.8. The van der Waals surface area contributed by atoms with Gasteiger partial charge in [-0.15, -0.1) is 0 Å². The van der Waals surface area contributed by atoms with E-state index in [1.54, 1.807) is 5.32 Å². The van der Waals surface area contributed by atoms with Crippen LogP contribution in [0.4, 0.5) is 13.2 Å². The highest BCUT2D eigenvalue weighted by Gasteiger charge is 2.47. The van der Waals surface area contributed by atoms with Crippen LogP contribution < -0.4 is 5.32 Å². The maximum Gasteiger partial charge on any atom is 0.408 e. The fraction of sp³-hybridized carbons (Fsp3) is 0.750. The number of nitrogens with one attached hydrogen (secondary N) is 1. The van der Waals surface area contributed by atoms with Crippen LogP contribution >= 0.6 is 0 Å². The lowest BCUT2D eigenvalue weighted by Gasteiger charge is -2.32. The number of hydrogen-bond acceptors (Lipinski definition) is 2. The van der Waals surface area contributed by atoms with Gasteiger partial charge in [-0.25, -0.2) is 0 Å². The van der Waals surface area contributed by atoms with Crippen molar-refractivity contribution in [3.05, 3.63) is 0 Å². The van der Waals surface area contributed by atoms with Crippen molar-refractivity contribution in [1.29, 1.82) is 0 Å². The molecular weight excluding hydrogens is 215 g/mol. The molecule has 2 atom stereocenters. The summed E-state index contributed by atoms with van der Waals surface area (Å²) in [7, 11) is 0. The van der Waals surface area contributed by atoms with Crippen LogP contribution in [0.15, 0.2) is 0 Å². The molecule has 1 fully saturated rings. The highest BCUT2D eigenvalue weighted by Crippen LogP contribution is 2.32. The van der Waals surface area contributed by atoms with Crippen LogP contribution in [0.25, 0.3) is 0 Å². The number of aliphatic carboxylic acids is 1. The van der Waals surface area contributed by atoms with E-state index in [4.69, 9.17) is 5.11 Å². The minimum atomic E-state index is -4.59. The lowest BCUT2D eigenvalue weighted by atomic mass is 9.87. The molecule has 0 aromatic heterocycles. The highest BCUT2D eigenvalue weighted by atomic mass is 19.4. The van der Waals surface area contributed by atoms with Gasteiger partial charge in [0.25, 0.3) is 0 Å². The van der Waals surface area contributed by atoms with Gasteiger partial charge in [0.1, 0.15) is 6.04 Å². The Balaban J connectivity index is 2.75. The quantitative estimate of drug-likeness (QED) is 0.734. The zero-order chi connectivity index (χ0) is 11.6. The van der Waals surface area contributed by atoms with Gasteiger partial charge in [0.2, 0.25) is 5.91 Å². The van der Waals surface area contributed by atoms with E-state index in [1.165, 1.54) is 0 Å². The zero-order valence-electron chi connectivity index (χ0n) is 7.67. The van der Waals surface area contributed by atoms with Crippen LogP contribution in [-0.4, -0.2) is 29.2 Å². The first-order chi connectivity index (χ1) is 6.80. The van der Waals surface area contributed by atoms with Crippen LogP contribution in [0.5, 0.6) is 0 Å². The molecule has 1 amide bonds. The normalized spacial score (nSPS) is 27.3. The Kier molecular flexibility index (Phi) is 3.21. The molecule has 1 saturated heterocycles. The molecule has 0 saturated carbocycles. The van der Waals surface area contributed by atoms with Gasteiger partial charge in [0.15, 0.2) is 0 Å². The Morgan fingerprint density at radius 1 is 1.53 bits per heavy atom. The summed E-state index contributed by atoms with van der Waals surface area (Å²) in [5.74, 6) is -3.04. The minimum Gasteiger partial charge on any atom is -0.481 e. The number of carboxylic acids is 1. The molecule has 4 nitrogen and oxygen atoms in total. The molecule has 0 aliphatic carbocycles. The van der Waals surface area contributed by atoms with Crippen LogP contribution in [-0.2, 0) is 9.59 Å². The monoisotopic (exact) mass is 225 g/mol. The van der Waals surface area contributed by atoms with Crippen molar-refractivity contribution < 1.29 is 27.9 Å². The summed E-state index contributed by atoms with van der Waals surface area (Å²) < 4.78 is 37.2. The van der Waals surface area contributed by atoms with E-state index in [0.29, 0.717) is 0 Å². The summed E-state index contributed by atoms with van der Waals surface area (Å²) in [5.41, 5.74) is 0. The molecule has 0 aromatic rings. The molecule has 7 heteroatoms. The third-order valence-electron chi connectivity index (χ3n) is 2.32. The third-order valence-corrected chi connectivity index (χ3v) is 2.32. The average molecular weight is 225 g/mol. The minimum absolute atomic E-state index is 0.0394. The van der Waals surface area contributed by atoms with Crippen molar-refractivity contribution in [2.45, 2.75) is 31.5 Å². The van der Waals surface area contributed by atoms with Gasteiger partial charge in [-0.1, -0.05) is 0 Å². The molecule has 1 aliphatic heterocycles. The predicted octanol–water partition coefficient (Wildman–Crippen LogP) is 0.918. The van der Waals surface area contributed by atoms with Crippen LogP contribution in [0.2, 0.25) is 0 Å². The number of carbonyl (C=O) groups excluding carboxylic acids is 1. The average Bonchev–Trinajstić information content (AvgIpc) is 2.05. The largest absolute Gasteiger partial charge is 0.481 e. The van der Waals surface area contributed by atoms with Gasteiger partial charge in [0, 0.05) is 6.42 Å². The molecule has 1 rings (SSSR count). The number of amides is 1. The standard InChI is InChI=1S/C8H10F3NO3/c9-8(10,11)7-4(3-6(14)15)1-2-5(13)12-7/h4,7H,1-3H2,(H,12,13)(H,14,15)/t4-,7+/m1/s1. The summed E-state index contributed by atoms with van der Waals surface area (Å²) in [4.78, 5) is 21.1. The number of halogens is 3. The molecule has 1 heterocycles. The van der Waals surface area contributed by atoms with Crippen LogP contribution in [0.1, 0.15) is 19.3 Å². The second-order valence-electron chi connectivity index (χ2n) is 3.48. The second kappa shape index (κ2) is 4.08. The summed E-state index contributed by atoms with van der Waals surface area (Å²) in [6.07, 6.45) is -5.26. The molecule has 0 aromatic carbocycles. The molecule has 2 N–H and O–H groups in total. The Labute approximate surface area is 83.5 Å². The van der Waals surface area contributed by atoms with Crippen LogP contribution in [0, 0.1) is 5.92 Å². The molecule has 0 radical (unpaired) electrons. The summed E-state index contributed by atoms with van der Waals surface area (Å²) in [5, 5.41) is 10.2. The lowest BCUT2D eigenvalue weighted by Crippen LogP contribution is -2.53. The van der Waals surface area contributed by atoms with Gasteiger partial charge in [-0.2, -0.15) is 13.2 Å². The van der Waals surface area contributed by atoms with Crippen molar-refractivity contribution >= 4 is 11.9 Å². The van der Waals surface area contributed by atoms with E-state index in [9.17, 15) is 22.8 Å². The van der Waals surface area contributed by atoms with E-state index in [1.807, 2.05) is 0 Å². The smallest absolute Gasteiger partial charge is 0.408 e. The highest BCUT2D eigenvalue weighted by molar-refractivity contribution is 5.77. The first-order valence-electron chi connectivity index (χ1n) is 4.38. The molecular formula is C8H10F3NO3. The van der Waals surface area contributed by atoms with Crippen molar-refractivity contribution in [1.82, 2.24) is 5.32 Å². The molecule has 0 spiro atoms. The molecule has 0 unspecified atom stereocenters. The van der Waals surface area contributed by atoms with Crippen molar-refractivity contribution in [3.63, 3.8) is 0 Å². The number of piperidine rings is 1. The topological polar surface area (TPSA) is 66.4 Å². The lowest BCUT2D eigenvalue weighted by molar-refractivity contribution is -0.179. The van der Waals surface area contributed by atoms with E-state index in [0.717, 1.165) is 0 Å².